The number of carbonyl (C=O) groups excluding carboxylic acids is 2. The number of hydrogen-bond acceptors (Lipinski definition) is 2. The van der Waals surface area contributed by atoms with Gasteiger partial charge in [0.25, 0.3) is 5.91 Å². The topological polar surface area (TPSA) is 75.2 Å². The van der Waals surface area contributed by atoms with E-state index in [1.54, 1.807) is 24.3 Å². The first-order chi connectivity index (χ1) is 14.6. The Bertz CT molecular complexity index is 1200. The van der Waals surface area contributed by atoms with Crippen molar-refractivity contribution in [2.24, 2.45) is 0 Å². The molecule has 4 aromatic rings. The third kappa shape index (κ3) is 4.17. The molecule has 0 bridgehead atoms. The predicted molar refractivity (Wildman–Crippen MR) is 121 cm³/mol. The fourth-order valence-corrected chi connectivity index (χ4v) is 3.38. The van der Waals surface area contributed by atoms with Crippen molar-refractivity contribution in [1.29, 1.82) is 0 Å². The second-order valence-corrected chi connectivity index (χ2v) is 6.83. The molecule has 0 aliphatic heterocycles. The van der Waals surface area contributed by atoms with Gasteiger partial charge in [0.05, 0.1) is 5.56 Å². The minimum Gasteiger partial charge on any atom is -0.347 e. The van der Waals surface area contributed by atoms with Gasteiger partial charge in [-0.05, 0) is 43.3 Å². The largest absolute Gasteiger partial charge is 0.347 e. The summed E-state index contributed by atoms with van der Waals surface area (Å²) in [7, 11) is 0. The summed E-state index contributed by atoms with van der Waals surface area (Å²) in [6, 6.07) is 23.7. The average Bonchev–Trinajstić information content (AvgIpc) is 3.14. The predicted octanol–water partition coefficient (Wildman–Crippen LogP) is 5.56. The lowest BCUT2D eigenvalue weighted by molar-refractivity contribution is 0.102. The van der Waals surface area contributed by atoms with Crippen molar-refractivity contribution in [3.63, 3.8) is 0 Å². The minimum atomic E-state index is -0.351. The maximum Gasteiger partial charge on any atom is 0.323 e. The lowest BCUT2D eigenvalue weighted by atomic mass is 10.1. The van der Waals surface area contributed by atoms with Gasteiger partial charge in [0.1, 0.15) is 0 Å². The summed E-state index contributed by atoms with van der Waals surface area (Å²) in [6.07, 6.45) is 1.87. The first-order valence-electron chi connectivity index (χ1n) is 9.76. The van der Waals surface area contributed by atoms with E-state index in [1.165, 1.54) is 0 Å². The van der Waals surface area contributed by atoms with Crippen molar-refractivity contribution in [3.8, 4) is 0 Å². The SMILES string of the molecule is CCn1cc(C(=O)Nc2cccc(NC(=O)Nc3ccccc3)c2)c2ccccc21. The van der Waals surface area contributed by atoms with Crippen LogP contribution in [0.3, 0.4) is 0 Å². The zero-order chi connectivity index (χ0) is 20.9. The van der Waals surface area contributed by atoms with E-state index >= 15 is 0 Å². The molecule has 0 aliphatic rings. The van der Waals surface area contributed by atoms with Crippen LogP contribution in [0.25, 0.3) is 10.9 Å². The van der Waals surface area contributed by atoms with Gasteiger partial charge in [0, 0.05) is 40.7 Å². The second-order valence-electron chi connectivity index (χ2n) is 6.83. The molecule has 0 fully saturated rings. The highest BCUT2D eigenvalue weighted by Crippen LogP contribution is 2.23. The zero-order valence-corrected chi connectivity index (χ0v) is 16.6. The van der Waals surface area contributed by atoms with Crippen molar-refractivity contribution in [1.82, 2.24) is 4.57 Å². The van der Waals surface area contributed by atoms with Crippen LogP contribution in [0.5, 0.6) is 0 Å². The van der Waals surface area contributed by atoms with Gasteiger partial charge in [0.2, 0.25) is 0 Å². The zero-order valence-electron chi connectivity index (χ0n) is 16.6. The van der Waals surface area contributed by atoms with Gasteiger partial charge in [-0.25, -0.2) is 4.79 Å². The molecule has 3 amide bonds. The molecule has 4 rings (SSSR count). The van der Waals surface area contributed by atoms with Crippen LogP contribution in [-0.2, 0) is 6.54 Å². The van der Waals surface area contributed by atoms with Crippen LogP contribution in [0.15, 0.2) is 85.1 Å². The first-order valence-corrected chi connectivity index (χ1v) is 9.76. The average molecular weight is 398 g/mol. The molecule has 0 radical (unpaired) electrons. The summed E-state index contributed by atoms with van der Waals surface area (Å²) in [5.74, 6) is -0.190. The van der Waals surface area contributed by atoms with E-state index in [2.05, 4.69) is 20.5 Å². The molecule has 0 aliphatic carbocycles. The molecule has 3 aromatic carbocycles. The molecule has 150 valence electrons. The molecule has 0 saturated heterocycles. The van der Waals surface area contributed by atoms with Crippen LogP contribution in [0.2, 0.25) is 0 Å². The minimum absolute atomic E-state index is 0.190. The molecule has 1 aromatic heterocycles. The van der Waals surface area contributed by atoms with Crippen LogP contribution in [-0.4, -0.2) is 16.5 Å². The molecule has 0 spiro atoms. The van der Waals surface area contributed by atoms with E-state index in [0.29, 0.717) is 22.6 Å². The third-order valence-electron chi connectivity index (χ3n) is 4.78. The first kappa shape index (κ1) is 19.3. The second kappa shape index (κ2) is 8.53. The number of aryl methyl sites for hydroxylation is 1. The molecule has 1 heterocycles. The summed E-state index contributed by atoms with van der Waals surface area (Å²) in [6.45, 7) is 2.83. The third-order valence-corrected chi connectivity index (χ3v) is 4.78. The quantitative estimate of drug-likeness (QED) is 0.412. The summed E-state index contributed by atoms with van der Waals surface area (Å²) in [4.78, 5) is 25.1. The van der Waals surface area contributed by atoms with E-state index in [-0.39, 0.29) is 11.9 Å². The molecule has 0 unspecified atom stereocenters. The molecule has 6 heteroatoms. The Morgan fingerprint density at radius 2 is 1.40 bits per heavy atom. The van der Waals surface area contributed by atoms with E-state index in [9.17, 15) is 9.59 Å². The van der Waals surface area contributed by atoms with Crippen LogP contribution in [0.4, 0.5) is 21.9 Å². The molecular weight excluding hydrogens is 376 g/mol. The van der Waals surface area contributed by atoms with E-state index in [0.717, 1.165) is 17.4 Å². The van der Waals surface area contributed by atoms with Gasteiger partial charge in [-0.2, -0.15) is 0 Å². The van der Waals surface area contributed by atoms with Crippen molar-refractivity contribution >= 4 is 39.9 Å². The Morgan fingerprint density at radius 3 is 2.17 bits per heavy atom. The smallest absolute Gasteiger partial charge is 0.323 e. The van der Waals surface area contributed by atoms with Crippen molar-refractivity contribution in [2.45, 2.75) is 13.5 Å². The molecular formula is C24H22N4O2. The number of hydrogen-bond donors (Lipinski definition) is 3. The van der Waals surface area contributed by atoms with Crippen LogP contribution in [0, 0.1) is 0 Å². The highest BCUT2D eigenvalue weighted by Gasteiger charge is 2.15. The fourth-order valence-electron chi connectivity index (χ4n) is 3.38. The van der Waals surface area contributed by atoms with Gasteiger partial charge in [0.15, 0.2) is 0 Å². The van der Waals surface area contributed by atoms with E-state index < -0.39 is 0 Å². The maximum atomic E-state index is 12.9. The summed E-state index contributed by atoms with van der Waals surface area (Å²) in [5.41, 5.74) is 3.53. The molecule has 30 heavy (non-hydrogen) atoms. The number of urea groups is 1. The highest BCUT2D eigenvalue weighted by atomic mass is 16.2. The Kier molecular flexibility index (Phi) is 5.48. The van der Waals surface area contributed by atoms with E-state index in [1.807, 2.05) is 67.7 Å². The molecule has 0 saturated carbocycles. The summed E-state index contributed by atoms with van der Waals surface area (Å²) < 4.78 is 2.05. The number of benzene rings is 3. The van der Waals surface area contributed by atoms with Crippen molar-refractivity contribution < 1.29 is 9.59 Å². The van der Waals surface area contributed by atoms with Gasteiger partial charge in [-0.3, -0.25) is 4.79 Å². The number of anilines is 3. The van der Waals surface area contributed by atoms with Crippen LogP contribution < -0.4 is 16.0 Å². The lowest BCUT2D eigenvalue weighted by Gasteiger charge is -2.10. The molecule has 3 N–H and O–H groups in total. The maximum absolute atomic E-state index is 12.9. The van der Waals surface area contributed by atoms with Gasteiger partial charge >= 0.3 is 6.03 Å². The van der Waals surface area contributed by atoms with Crippen LogP contribution in [0.1, 0.15) is 17.3 Å². The van der Waals surface area contributed by atoms with Gasteiger partial charge < -0.3 is 20.5 Å². The number of fused-ring (bicyclic) bond motifs is 1. The Labute approximate surface area is 174 Å². The normalized spacial score (nSPS) is 10.6. The lowest BCUT2D eigenvalue weighted by Crippen LogP contribution is -2.19. The molecule has 6 nitrogen and oxygen atoms in total. The highest BCUT2D eigenvalue weighted by molar-refractivity contribution is 6.13. The Hall–Kier alpha value is -4.06. The van der Waals surface area contributed by atoms with Crippen molar-refractivity contribution in [2.75, 3.05) is 16.0 Å². The summed E-state index contributed by atoms with van der Waals surface area (Å²) in [5, 5.41) is 9.38. The number of nitrogens with zero attached hydrogens (tertiary/aromatic N) is 1. The van der Waals surface area contributed by atoms with E-state index in [4.69, 9.17) is 0 Å². The number of amides is 3. The number of nitrogens with one attached hydrogen (secondary N) is 3. The number of aromatic nitrogens is 1. The number of rotatable bonds is 5. The van der Waals surface area contributed by atoms with Crippen molar-refractivity contribution in [3.05, 3.63) is 90.6 Å². The van der Waals surface area contributed by atoms with Gasteiger partial charge in [-0.1, -0.05) is 42.5 Å². The molecule has 0 atom stereocenters. The Morgan fingerprint density at radius 1 is 0.767 bits per heavy atom. The van der Waals surface area contributed by atoms with Crippen LogP contribution >= 0.6 is 0 Å². The van der Waals surface area contributed by atoms with Gasteiger partial charge in [-0.15, -0.1) is 0 Å². The summed E-state index contributed by atoms with van der Waals surface area (Å²) >= 11 is 0. The Balaban J connectivity index is 1.48. The number of para-hydroxylation sites is 2. The number of carbonyl (C=O) groups is 2. The standard InChI is InChI=1S/C24H22N4O2/c1-2-28-16-21(20-13-6-7-14-22(20)28)23(29)25-18-11-8-12-19(15-18)27-24(30)26-17-9-4-3-5-10-17/h3-16H,2H2,1H3,(H,25,29)(H2,26,27,30). The monoisotopic (exact) mass is 398 g/mol. The fraction of sp³-hybridized carbons (Fsp3) is 0.0833.